The molecule has 3 saturated heterocycles. The van der Waals surface area contributed by atoms with E-state index in [2.05, 4.69) is 5.32 Å². The number of nitrogens with zero attached hydrogens (tertiary/aromatic N) is 3. The van der Waals surface area contributed by atoms with Crippen molar-refractivity contribution in [1.82, 2.24) is 20.0 Å². The van der Waals surface area contributed by atoms with E-state index in [-0.39, 0.29) is 35.7 Å². The van der Waals surface area contributed by atoms with Crippen molar-refractivity contribution in [2.24, 2.45) is 5.92 Å². The molecule has 4 rings (SSSR count). The van der Waals surface area contributed by atoms with E-state index in [0.29, 0.717) is 32.5 Å². The molecule has 3 fully saturated rings. The summed E-state index contributed by atoms with van der Waals surface area (Å²) < 4.78 is 0. The first kappa shape index (κ1) is 19.9. The van der Waals surface area contributed by atoms with Gasteiger partial charge in [0, 0.05) is 45.7 Å². The Morgan fingerprint density at radius 3 is 2.62 bits per heavy atom. The highest BCUT2D eigenvalue weighted by atomic mass is 16.2. The number of carbonyl (C=O) groups excluding carboxylic acids is 3. The number of nitrogens with one attached hydrogen (secondary N) is 1. The first-order valence-electron chi connectivity index (χ1n) is 10.7. The molecule has 0 spiro atoms. The van der Waals surface area contributed by atoms with Crippen molar-refractivity contribution >= 4 is 17.7 Å². The molecule has 29 heavy (non-hydrogen) atoms. The Balaban J connectivity index is 1.52. The normalized spacial score (nSPS) is 28.6. The van der Waals surface area contributed by atoms with Gasteiger partial charge in [-0.3, -0.25) is 14.4 Å². The van der Waals surface area contributed by atoms with Gasteiger partial charge in [-0.05, 0) is 24.8 Å². The molecule has 0 saturated carbocycles. The molecule has 3 unspecified atom stereocenters. The summed E-state index contributed by atoms with van der Waals surface area (Å²) in [6.45, 7) is 3.22. The Kier molecular flexibility index (Phi) is 5.85. The zero-order chi connectivity index (χ0) is 20.4. The monoisotopic (exact) mass is 398 g/mol. The first-order chi connectivity index (χ1) is 14.1. The predicted octanol–water partition coefficient (Wildman–Crippen LogP) is 1.02. The van der Waals surface area contributed by atoms with Crippen LogP contribution in [-0.2, 0) is 14.4 Å². The topological polar surface area (TPSA) is 73.0 Å². The largest absolute Gasteiger partial charge is 0.340 e. The fourth-order valence-corrected chi connectivity index (χ4v) is 5.05. The second-order valence-electron chi connectivity index (χ2n) is 8.35. The Morgan fingerprint density at radius 1 is 1.07 bits per heavy atom. The molecule has 1 aromatic rings. The summed E-state index contributed by atoms with van der Waals surface area (Å²) in [5, 5.41) is 3.11. The number of carbonyl (C=O) groups is 3. The van der Waals surface area contributed by atoms with E-state index in [9.17, 15) is 14.4 Å². The molecule has 3 aliphatic rings. The van der Waals surface area contributed by atoms with Crippen LogP contribution in [0.1, 0.15) is 37.3 Å². The molecule has 3 aliphatic heterocycles. The molecular weight excluding hydrogens is 368 g/mol. The number of hydrogen-bond donors (Lipinski definition) is 1. The lowest BCUT2D eigenvalue weighted by Gasteiger charge is -2.44. The molecule has 7 heteroatoms. The quantitative estimate of drug-likeness (QED) is 0.825. The molecule has 3 atom stereocenters. The van der Waals surface area contributed by atoms with Crippen molar-refractivity contribution in [2.45, 2.75) is 37.8 Å². The van der Waals surface area contributed by atoms with Gasteiger partial charge in [0.05, 0.1) is 18.5 Å². The second-order valence-corrected chi connectivity index (χ2v) is 8.35. The molecule has 0 aliphatic carbocycles. The molecule has 0 radical (unpaired) electrons. The molecule has 1 aromatic carbocycles. The van der Waals surface area contributed by atoms with Crippen molar-refractivity contribution in [2.75, 3.05) is 39.8 Å². The number of rotatable bonds is 3. The highest BCUT2D eigenvalue weighted by Gasteiger charge is 2.42. The SMILES string of the molecule is CN1C(=O)CCC(C(=O)N2CCCC(N3CCNCC3=O)C2)C1c1ccccc1. The van der Waals surface area contributed by atoms with Gasteiger partial charge in [-0.25, -0.2) is 0 Å². The molecule has 1 N–H and O–H groups in total. The minimum atomic E-state index is -0.238. The molecule has 3 heterocycles. The summed E-state index contributed by atoms with van der Waals surface area (Å²) in [6.07, 6.45) is 2.84. The van der Waals surface area contributed by atoms with Gasteiger partial charge in [0.2, 0.25) is 17.7 Å². The highest BCUT2D eigenvalue weighted by molar-refractivity contribution is 5.85. The predicted molar refractivity (Wildman–Crippen MR) is 109 cm³/mol. The van der Waals surface area contributed by atoms with Gasteiger partial charge < -0.3 is 20.0 Å². The van der Waals surface area contributed by atoms with Gasteiger partial charge in [-0.2, -0.15) is 0 Å². The number of benzene rings is 1. The highest BCUT2D eigenvalue weighted by Crippen LogP contribution is 2.37. The van der Waals surface area contributed by atoms with E-state index >= 15 is 0 Å². The van der Waals surface area contributed by atoms with Crippen LogP contribution >= 0.6 is 0 Å². The van der Waals surface area contributed by atoms with Gasteiger partial charge in [0.15, 0.2) is 0 Å². The summed E-state index contributed by atoms with van der Waals surface area (Å²) in [5.74, 6) is 0.0922. The van der Waals surface area contributed by atoms with Crippen molar-refractivity contribution in [1.29, 1.82) is 0 Å². The van der Waals surface area contributed by atoms with E-state index in [1.807, 2.05) is 40.1 Å². The number of likely N-dealkylation sites (tertiary alicyclic amines) is 2. The van der Waals surface area contributed by atoms with Crippen LogP contribution in [0.5, 0.6) is 0 Å². The van der Waals surface area contributed by atoms with Crippen molar-refractivity contribution < 1.29 is 14.4 Å². The number of piperazine rings is 1. The second kappa shape index (κ2) is 8.53. The third-order valence-electron chi connectivity index (χ3n) is 6.59. The molecule has 7 nitrogen and oxygen atoms in total. The third kappa shape index (κ3) is 4.01. The summed E-state index contributed by atoms with van der Waals surface area (Å²) in [4.78, 5) is 43.9. The zero-order valence-electron chi connectivity index (χ0n) is 17.0. The average molecular weight is 399 g/mol. The van der Waals surface area contributed by atoms with Crippen LogP contribution in [0.4, 0.5) is 0 Å². The fourth-order valence-electron chi connectivity index (χ4n) is 5.05. The minimum absolute atomic E-state index is 0.0887. The Labute approximate surface area is 172 Å². The van der Waals surface area contributed by atoms with Crippen LogP contribution in [0, 0.1) is 5.92 Å². The van der Waals surface area contributed by atoms with Crippen molar-refractivity contribution in [3.63, 3.8) is 0 Å². The lowest BCUT2D eigenvalue weighted by molar-refractivity contribution is -0.150. The molecule has 156 valence electrons. The van der Waals surface area contributed by atoms with Gasteiger partial charge in [-0.1, -0.05) is 30.3 Å². The van der Waals surface area contributed by atoms with Crippen LogP contribution in [0.15, 0.2) is 30.3 Å². The zero-order valence-corrected chi connectivity index (χ0v) is 17.0. The number of piperidine rings is 2. The van der Waals surface area contributed by atoms with E-state index < -0.39 is 0 Å². The van der Waals surface area contributed by atoms with E-state index in [1.165, 1.54) is 0 Å². The lowest BCUT2D eigenvalue weighted by atomic mass is 9.83. The molecule has 0 aromatic heterocycles. The van der Waals surface area contributed by atoms with E-state index in [1.54, 1.807) is 11.9 Å². The number of hydrogen-bond acceptors (Lipinski definition) is 4. The average Bonchev–Trinajstić information content (AvgIpc) is 2.76. The lowest BCUT2D eigenvalue weighted by Crippen LogP contribution is -2.58. The van der Waals surface area contributed by atoms with Crippen molar-refractivity contribution in [3.05, 3.63) is 35.9 Å². The van der Waals surface area contributed by atoms with Gasteiger partial charge >= 0.3 is 0 Å². The van der Waals surface area contributed by atoms with E-state index in [4.69, 9.17) is 0 Å². The van der Waals surface area contributed by atoms with Gasteiger partial charge in [0.1, 0.15) is 0 Å². The third-order valence-corrected chi connectivity index (χ3v) is 6.59. The summed E-state index contributed by atoms with van der Waals surface area (Å²) >= 11 is 0. The van der Waals surface area contributed by atoms with Crippen LogP contribution in [0.25, 0.3) is 0 Å². The molecule has 0 bridgehead atoms. The van der Waals surface area contributed by atoms with Crippen LogP contribution in [0.3, 0.4) is 0 Å². The smallest absolute Gasteiger partial charge is 0.236 e. The van der Waals surface area contributed by atoms with Gasteiger partial charge in [0.25, 0.3) is 0 Å². The van der Waals surface area contributed by atoms with E-state index in [0.717, 1.165) is 31.5 Å². The Hall–Kier alpha value is -2.41. The fraction of sp³-hybridized carbons (Fsp3) is 0.591. The maximum Gasteiger partial charge on any atom is 0.236 e. The van der Waals surface area contributed by atoms with Crippen LogP contribution in [-0.4, -0.2) is 78.2 Å². The maximum atomic E-state index is 13.6. The molecular formula is C22H30N4O3. The summed E-state index contributed by atoms with van der Waals surface area (Å²) in [6, 6.07) is 9.72. The van der Waals surface area contributed by atoms with Crippen LogP contribution in [0.2, 0.25) is 0 Å². The van der Waals surface area contributed by atoms with Crippen LogP contribution < -0.4 is 5.32 Å². The summed E-state index contributed by atoms with van der Waals surface area (Å²) in [7, 11) is 1.80. The van der Waals surface area contributed by atoms with Gasteiger partial charge in [-0.15, -0.1) is 0 Å². The molecule has 3 amide bonds. The first-order valence-corrected chi connectivity index (χ1v) is 10.7. The Morgan fingerprint density at radius 2 is 1.86 bits per heavy atom. The summed E-state index contributed by atoms with van der Waals surface area (Å²) in [5.41, 5.74) is 1.01. The maximum absolute atomic E-state index is 13.6. The Bertz CT molecular complexity index is 769. The minimum Gasteiger partial charge on any atom is -0.340 e. The van der Waals surface area contributed by atoms with Crippen molar-refractivity contribution in [3.8, 4) is 0 Å². The standard InChI is InChI=1S/C22H30N4O3/c1-24-19(27)10-9-18(21(24)16-6-3-2-4-7-16)22(29)25-12-5-8-17(15-25)26-13-11-23-14-20(26)28/h2-4,6-7,17-18,21,23H,5,8-15H2,1H3. The number of amides is 3.